The molecule has 0 aliphatic carbocycles. The van der Waals surface area contributed by atoms with E-state index in [0.717, 1.165) is 32.2 Å². The van der Waals surface area contributed by atoms with Gasteiger partial charge in [0.25, 0.3) is 0 Å². The fraction of sp³-hybridized carbons (Fsp3) is 0.391. The van der Waals surface area contributed by atoms with Crippen molar-refractivity contribution < 1.29 is 28.8 Å². The van der Waals surface area contributed by atoms with Crippen molar-refractivity contribution in [2.75, 3.05) is 58.2 Å². The summed E-state index contributed by atoms with van der Waals surface area (Å²) < 4.78 is 22.6. The number of aliphatic hydroxyl groups is 1. The van der Waals surface area contributed by atoms with Gasteiger partial charge >= 0.3 is 0 Å². The number of aliphatic hydroxyl groups excluding tert-OH is 1. The number of nitrogens with one attached hydrogen (secondary N) is 1. The number of carbonyl (C=O) groups is 1. The molecular formula is C23H28N2O6S. The van der Waals surface area contributed by atoms with Crippen LogP contribution in [0.5, 0.6) is 5.75 Å². The minimum absolute atomic E-state index is 0.0224. The molecule has 0 bridgehead atoms. The molecule has 172 valence electrons. The molecule has 0 spiro atoms. The van der Waals surface area contributed by atoms with Gasteiger partial charge in [-0.1, -0.05) is 6.07 Å². The number of hydrogen-bond donors (Lipinski definition) is 2. The largest absolute Gasteiger partial charge is 0.491 e. The molecule has 3 rings (SSSR count). The van der Waals surface area contributed by atoms with Gasteiger partial charge in [0.1, 0.15) is 17.4 Å². The molecule has 0 radical (unpaired) electrons. The van der Waals surface area contributed by atoms with E-state index in [2.05, 4.69) is 10.3 Å². The molecule has 0 atom stereocenters. The lowest BCUT2D eigenvalue weighted by molar-refractivity contribution is -0.114. The summed E-state index contributed by atoms with van der Waals surface area (Å²) in [4.78, 5) is 16.1. The van der Waals surface area contributed by atoms with E-state index in [4.69, 9.17) is 24.1 Å². The first-order chi connectivity index (χ1) is 15.7. The van der Waals surface area contributed by atoms with Gasteiger partial charge in [0.05, 0.1) is 62.2 Å². The van der Waals surface area contributed by atoms with E-state index >= 15 is 0 Å². The topological polar surface area (TPSA) is 99.1 Å². The fourth-order valence-corrected chi connectivity index (χ4v) is 3.92. The van der Waals surface area contributed by atoms with Crippen molar-refractivity contribution in [2.24, 2.45) is 0 Å². The standard InChI is InChI=1S/C23H28N2O6S/c1-17(27)24-20-3-2-4-21-22(20)32-23(25-21)18-5-7-19(8-6-18)31-16-15-30-14-13-29-12-11-28-10-9-26/h2-8,26H,9-16H2,1H3,(H,24,27). The average molecular weight is 461 g/mol. The van der Waals surface area contributed by atoms with Crippen molar-refractivity contribution in [3.8, 4) is 16.3 Å². The molecule has 0 unspecified atom stereocenters. The fourth-order valence-electron chi connectivity index (χ4n) is 2.88. The maximum atomic E-state index is 11.4. The number of aromatic nitrogens is 1. The van der Waals surface area contributed by atoms with Crippen LogP contribution in [0.2, 0.25) is 0 Å². The summed E-state index contributed by atoms with van der Waals surface area (Å²) in [5.74, 6) is 0.656. The third-order valence-corrected chi connectivity index (χ3v) is 5.46. The number of rotatable bonds is 14. The van der Waals surface area contributed by atoms with Gasteiger partial charge in [-0.3, -0.25) is 4.79 Å². The van der Waals surface area contributed by atoms with E-state index in [-0.39, 0.29) is 12.5 Å². The first-order valence-electron chi connectivity index (χ1n) is 10.4. The zero-order chi connectivity index (χ0) is 22.6. The predicted octanol–water partition coefficient (Wildman–Crippen LogP) is 3.34. The molecule has 9 heteroatoms. The van der Waals surface area contributed by atoms with Crippen LogP contribution in [0, 0.1) is 0 Å². The summed E-state index contributed by atoms with van der Waals surface area (Å²) in [6.07, 6.45) is 0. The molecule has 32 heavy (non-hydrogen) atoms. The molecule has 2 aromatic carbocycles. The van der Waals surface area contributed by atoms with Gasteiger partial charge in [-0.05, 0) is 36.4 Å². The number of nitrogens with zero attached hydrogens (tertiary/aromatic N) is 1. The third-order valence-electron chi connectivity index (χ3n) is 4.30. The maximum absolute atomic E-state index is 11.4. The van der Waals surface area contributed by atoms with Crippen LogP contribution in [-0.2, 0) is 19.0 Å². The van der Waals surface area contributed by atoms with Crippen molar-refractivity contribution in [1.29, 1.82) is 0 Å². The first-order valence-corrected chi connectivity index (χ1v) is 11.2. The number of amides is 1. The second kappa shape index (κ2) is 13.1. The van der Waals surface area contributed by atoms with Crippen LogP contribution < -0.4 is 10.1 Å². The molecule has 0 aliphatic rings. The number of thiazole rings is 1. The van der Waals surface area contributed by atoms with Crippen LogP contribution >= 0.6 is 11.3 Å². The Morgan fingerprint density at radius 1 is 0.938 bits per heavy atom. The number of ether oxygens (including phenoxy) is 4. The lowest BCUT2D eigenvalue weighted by Gasteiger charge is -2.08. The van der Waals surface area contributed by atoms with E-state index in [1.807, 2.05) is 42.5 Å². The van der Waals surface area contributed by atoms with E-state index in [1.54, 1.807) is 11.3 Å². The van der Waals surface area contributed by atoms with Crippen molar-refractivity contribution >= 4 is 33.1 Å². The minimum atomic E-state index is -0.103. The quantitative estimate of drug-likeness (QED) is 0.356. The predicted molar refractivity (Wildman–Crippen MR) is 124 cm³/mol. The number of anilines is 1. The summed E-state index contributed by atoms with van der Waals surface area (Å²) >= 11 is 1.54. The maximum Gasteiger partial charge on any atom is 0.221 e. The van der Waals surface area contributed by atoms with E-state index < -0.39 is 0 Å². The zero-order valence-corrected chi connectivity index (χ0v) is 18.9. The Hall–Kier alpha value is -2.56. The second-order valence-corrected chi connectivity index (χ2v) is 7.79. The van der Waals surface area contributed by atoms with Gasteiger partial charge in [-0.15, -0.1) is 11.3 Å². The van der Waals surface area contributed by atoms with Crippen molar-refractivity contribution in [2.45, 2.75) is 6.92 Å². The monoisotopic (exact) mass is 460 g/mol. The van der Waals surface area contributed by atoms with E-state index in [0.29, 0.717) is 46.2 Å². The summed E-state index contributed by atoms with van der Waals surface area (Å²) in [7, 11) is 0. The molecule has 8 nitrogen and oxygen atoms in total. The third kappa shape index (κ3) is 7.54. The Kier molecular flexibility index (Phi) is 9.86. The Bertz CT molecular complexity index is 976. The van der Waals surface area contributed by atoms with Crippen molar-refractivity contribution in [3.05, 3.63) is 42.5 Å². The van der Waals surface area contributed by atoms with Crippen LogP contribution in [0.15, 0.2) is 42.5 Å². The highest BCUT2D eigenvalue weighted by Gasteiger charge is 2.10. The molecule has 1 aromatic heterocycles. The molecule has 0 saturated carbocycles. The van der Waals surface area contributed by atoms with Gasteiger partial charge in [-0.2, -0.15) is 0 Å². The summed E-state index contributed by atoms with van der Waals surface area (Å²) in [6.45, 7) is 4.69. The summed E-state index contributed by atoms with van der Waals surface area (Å²) in [5.41, 5.74) is 2.62. The highest BCUT2D eigenvalue weighted by atomic mass is 32.1. The van der Waals surface area contributed by atoms with E-state index in [9.17, 15) is 4.79 Å². The second-order valence-electron chi connectivity index (χ2n) is 6.79. The van der Waals surface area contributed by atoms with Gasteiger partial charge in [0, 0.05) is 12.5 Å². The molecule has 0 saturated heterocycles. The summed E-state index contributed by atoms with van der Waals surface area (Å²) in [6, 6.07) is 13.5. The van der Waals surface area contributed by atoms with E-state index in [1.165, 1.54) is 6.92 Å². The van der Waals surface area contributed by atoms with Gasteiger partial charge in [0.2, 0.25) is 5.91 Å². The molecule has 0 aliphatic heterocycles. The van der Waals surface area contributed by atoms with Crippen LogP contribution in [0.25, 0.3) is 20.8 Å². The lowest BCUT2D eigenvalue weighted by Crippen LogP contribution is -2.13. The average Bonchev–Trinajstić information content (AvgIpc) is 3.23. The van der Waals surface area contributed by atoms with Gasteiger partial charge < -0.3 is 29.4 Å². The highest BCUT2D eigenvalue weighted by Crippen LogP contribution is 2.35. The van der Waals surface area contributed by atoms with Crippen molar-refractivity contribution in [1.82, 2.24) is 4.98 Å². The summed E-state index contributed by atoms with van der Waals surface area (Å²) in [5, 5.41) is 12.3. The number of fused-ring (bicyclic) bond motifs is 1. The Morgan fingerprint density at radius 2 is 1.59 bits per heavy atom. The molecule has 1 amide bonds. The number of carbonyl (C=O) groups excluding carboxylic acids is 1. The van der Waals surface area contributed by atoms with Crippen LogP contribution in [0.1, 0.15) is 6.92 Å². The Morgan fingerprint density at radius 3 is 2.25 bits per heavy atom. The van der Waals surface area contributed by atoms with Gasteiger partial charge in [-0.25, -0.2) is 4.98 Å². The van der Waals surface area contributed by atoms with Crippen LogP contribution in [0.4, 0.5) is 5.69 Å². The molecule has 3 aromatic rings. The minimum Gasteiger partial charge on any atom is -0.491 e. The molecule has 2 N–H and O–H groups in total. The molecular weight excluding hydrogens is 432 g/mol. The van der Waals surface area contributed by atoms with Crippen LogP contribution in [0.3, 0.4) is 0 Å². The highest BCUT2D eigenvalue weighted by molar-refractivity contribution is 7.22. The number of benzene rings is 2. The SMILES string of the molecule is CC(=O)Nc1cccc2nc(-c3ccc(OCCOCCOCCOCCO)cc3)sc12. The normalized spacial score (nSPS) is 11.1. The Balaban J connectivity index is 1.40. The molecule has 1 heterocycles. The molecule has 0 fully saturated rings. The van der Waals surface area contributed by atoms with Crippen molar-refractivity contribution in [3.63, 3.8) is 0 Å². The zero-order valence-electron chi connectivity index (χ0n) is 18.0. The first kappa shape index (κ1) is 24.1. The smallest absolute Gasteiger partial charge is 0.221 e. The van der Waals surface area contributed by atoms with Gasteiger partial charge in [0.15, 0.2) is 0 Å². The Labute approximate surface area is 191 Å². The number of hydrogen-bond acceptors (Lipinski definition) is 8. The lowest BCUT2D eigenvalue weighted by atomic mass is 10.2. The van der Waals surface area contributed by atoms with Crippen LogP contribution in [-0.4, -0.2) is 68.9 Å².